The van der Waals surface area contributed by atoms with E-state index >= 15 is 0 Å². The predicted molar refractivity (Wildman–Crippen MR) is 89.4 cm³/mol. The molecule has 1 atom stereocenters. The molecule has 1 unspecified atom stereocenters. The Bertz CT molecular complexity index is 478. The van der Waals surface area contributed by atoms with Crippen molar-refractivity contribution < 1.29 is 0 Å². The van der Waals surface area contributed by atoms with Crippen LogP contribution in [-0.4, -0.2) is 24.5 Å². The number of aryl methyl sites for hydroxylation is 2. The van der Waals surface area contributed by atoms with Crippen LogP contribution in [0.1, 0.15) is 61.3 Å². The molecule has 116 valence electrons. The smallest absolute Gasteiger partial charge is 0.0473 e. The van der Waals surface area contributed by atoms with Gasteiger partial charge in [-0.25, -0.2) is 0 Å². The van der Waals surface area contributed by atoms with E-state index in [0.717, 1.165) is 6.54 Å². The number of hydrogen-bond acceptors (Lipinski definition) is 2. The number of piperidine rings is 1. The van der Waals surface area contributed by atoms with Crippen molar-refractivity contribution in [1.82, 2.24) is 4.90 Å². The van der Waals surface area contributed by atoms with Gasteiger partial charge in [0.05, 0.1) is 0 Å². The highest BCUT2D eigenvalue weighted by molar-refractivity contribution is 5.33. The van der Waals surface area contributed by atoms with Crippen LogP contribution < -0.4 is 5.73 Å². The van der Waals surface area contributed by atoms with Gasteiger partial charge in [-0.1, -0.05) is 36.6 Å². The van der Waals surface area contributed by atoms with Gasteiger partial charge in [-0.15, -0.1) is 0 Å². The minimum absolute atomic E-state index is 0.407. The molecule has 3 rings (SSSR count). The Morgan fingerprint density at radius 2 is 1.76 bits per heavy atom. The number of hydrogen-bond donors (Lipinski definition) is 1. The van der Waals surface area contributed by atoms with Gasteiger partial charge in [0, 0.05) is 12.6 Å². The monoisotopic (exact) mass is 286 g/mol. The molecule has 1 aromatic carbocycles. The SMILES string of the molecule is Cc1ccc(C(CN)N2CCC3(CCCC3)CC2)c(C)c1. The Balaban J connectivity index is 1.72. The van der Waals surface area contributed by atoms with E-state index in [4.69, 9.17) is 5.73 Å². The maximum atomic E-state index is 6.15. The number of likely N-dealkylation sites (tertiary alicyclic amines) is 1. The third kappa shape index (κ3) is 3.02. The lowest BCUT2D eigenvalue weighted by atomic mass is 9.76. The Labute approximate surface area is 129 Å². The molecule has 0 radical (unpaired) electrons. The third-order valence-electron chi connectivity index (χ3n) is 5.97. The molecule has 1 aromatic rings. The quantitative estimate of drug-likeness (QED) is 0.911. The second-order valence-corrected chi connectivity index (χ2v) is 7.35. The molecule has 0 bridgehead atoms. The van der Waals surface area contributed by atoms with Crippen molar-refractivity contribution in [2.45, 2.75) is 58.4 Å². The van der Waals surface area contributed by atoms with Crippen LogP contribution in [0.5, 0.6) is 0 Å². The van der Waals surface area contributed by atoms with Crippen LogP contribution in [0.2, 0.25) is 0 Å². The molecule has 2 fully saturated rings. The van der Waals surface area contributed by atoms with Gasteiger partial charge in [0.25, 0.3) is 0 Å². The lowest BCUT2D eigenvalue weighted by molar-refractivity contribution is 0.0778. The topological polar surface area (TPSA) is 29.3 Å². The molecule has 1 saturated carbocycles. The Morgan fingerprint density at radius 3 is 2.33 bits per heavy atom. The van der Waals surface area contributed by atoms with Crippen molar-refractivity contribution in [3.8, 4) is 0 Å². The minimum Gasteiger partial charge on any atom is -0.329 e. The first-order valence-electron chi connectivity index (χ1n) is 8.65. The fourth-order valence-corrected chi connectivity index (χ4v) is 4.61. The van der Waals surface area contributed by atoms with E-state index in [0.29, 0.717) is 11.5 Å². The summed E-state index contributed by atoms with van der Waals surface area (Å²) in [6, 6.07) is 7.22. The van der Waals surface area contributed by atoms with Gasteiger partial charge in [0.2, 0.25) is 0 Å². The second kappa shape index (κ2) is 6.10. The van der Waals surface area contributed by atoms with Crippen LogP contribution in [0.3, 0.4) is 0 Å². The molecule has 2 heteroatoms. The molecule has 0 aromatic heterocycles. The average Bonchev–Trinajstić information content (AvgIpc) is 2.92. The number of nitrogens with zero attached hydrogens (tertiary/aromatic N) is 1. The zero-order valence-electron chi connectivity index (χ0n) is 13.7. The zero-order valence-corrected chi connectivity index (χ0v) is 13.7. The van der Waals surface area contributed by atoms with Crippen molar-refractivity contribution in [3.63, 3.8) is 0 Å². The van der Waals surface area contributed by atoms with E-state index in [1.165, 1.54) is 68.3 Å². The first-order valence-corrected chi connectivity index (χ1v) is 8.65. The van der Waals surface area contributed by atoms with Crippen LogP contribution in [0.15, 0.2) is 18.2 Å². The van der Waals surface area contributed by atoms with Crippen molar-refractivity contribution in [3.05, 3.63) is 34.9 Å². The standard InChI is InChI=1S/C19H30N2/c1-15-5-6-17(16(2)13-15)18(14-20)21-11-9-19(10-12-21)7-3-4-8-19/h5-6,13,18H,3-4,7-12,14,20H2,1-2H3. The first kappa shape index (κ1) is 15.1. The normalized spacial score (nSPS) is 23.6. The maximum Gasteiger partial charge on any atom is 0.0473 e. The van der Waals surface area contributed by atoms with Gasteiger partial charge in [0.15, 0.2) is 0 Å². The van der Waals surface area contributed by atoms with Crippen molar-refractivity contribution in [2.24, 2.45) is 11.1 Å². The molecule has 1 saturated heterocycles. The summed E-state index contributed by atoms with van der Waals surface area (Å²) in [5.74, 6) is 0. The summed E-state index contributed by atoms with van der Waals surface area (Å²) in [6.45, 7) is 7.59. The highest BCUT2D eigenvalue weighted by atomic mass is 15.2. The van der Waals surface area contributed by atoms with E-state index in [1.54, 1.807) is 0 Å². The Hall–Kier alpha value is -0.860. The minimum atomic E-state index is 0.407. The van der Waals surface area contributed by atoms with Crippen LogP contribution in [0.4, 0.5) is 0 Å². The Morgan fingerprint density at radius 1 is 1.10 bits per heavy atom. The van der Waals surface area contributed by atoms with E-state index in [1.807, 2.05) is 0 Å². The molecular formula is C19H30N2. The second-order valence-electron chi connectivity index (χ2n) is 7.35. The van der Waals surface area contributed by atoms with Crippen molar-refractivity contribution >= 4 is 0 Å². The van der Waals surface area contributed by atoms with Crippen LogP contribution >= 0.6 is 0 Å². The molecule has 1 spiro atoms. The van der Waals surface area contributed by atoms with Gasteiger partial charge in [0.1, 0.15) is 0 Å². The van der Waals surface area contributed by atoms with E-state index in [9.17, 15) is 0 Å². The maximum absolute atomic E-state index is 6.15. The van der Waals surface area contributed by atoms with Crippen LogP contribution in [0, 0.1) is 19.3 Å². The molecule has 21 heavy (non-hydrogen) atoms. The summed E-state index contributed by atoms with van der Waals surface area (Å²) in [7, 11) is 0. The summed E-state index contributed by atoms with van der Waals surface area (Å²) in [5, 5.41) is 0. The molecule has 1 heterocycles. The molecule has 0 amide bonds. The molecule has 1 aliphatic heterocycles. The van der Waals surface area contributed by atoms with Gasteiger partial charge in [-0.05, 0) is 69.2 Å². The zero-order chi connectivity index (χ0) is 14.9. The van der Waals surface area contributed by atoms with Gasteiger partial charge in [-0.2, -0.15) is 0 Å². The number of nitrogens with two attached hydrogens (primary N) is 1. The molecule has 2 aliphatic rings. The van der Waals surface area contributed by atoms with Gasteiger partial charge >= 0.3 is 0 Å². The lowest BCUT2D eigenvalue weighted by Crippen LogP contribution is -2.43. The molecular weight excluding hydrogens is 256 g/mol. The summed E-state index contributed by atoms with van der Waals surface area (Å²) in [6.07, 6.45) is 8.62. The summed E-state index contributed by atoms with van der Waals surface area (Å²) >= 11 is 0. The van der Waals surface area contributed by atoms with E-state index in [-0.39, 0.29) is 0 Å². The number of benzene rings is 1. The Kier molecular flexibility index (Phi) is 4.37. The average molecular weight is 286 g/mol. The lowest BCUT2D eigenvalue weighted by Gasteiger charge is -2.43. The summed E-state index contributed by atoms with van der Waals surface area (Å²) in [4.78, 5) is 2.64. The molecule has 1 aliphatic carbocycles. The first-order chi connectivity index (χ1) is 10.1. The highest BCUT2D eigenvalue weighted by Gasteiger charge is 2.38. The highest BCUT2D eigenvalue weighted by Crippen LogP contribution is 2.47. The largest absolute Gasteiger partial charge is 0.329 e. The van der Waals surface area contributed by atoms with E-state index in [2.05, 4.69) is 36.9 Å². The summed E-state index contributed by atoms with van der Waals surface area (Å²) in [5.41, 5.74) is 11.0. The molecule has 2 N–H and O–H groups in total. The molecule has 2 nitrogen and oxygen atoms in total. The summed E-state index contributed by atoms with van der Waals surface area (Å²) < 4.78 is 0. The van der Waals surface area contributed by atoms with Crippen LogP contribution in [-0.2, 0) is 0 Å². The van der Waals surface area contributed by atoms with Crippen LogP contribution in [0.25, 0.3) is 0 Å². The van der Waals surface area contributed by atoms with Gasteiger partial charge < -0.3 is 5.73 Å². The fourth-order valence-electron chi connectivity index (χ4n) is 4.61. The third-order valence-corrected chi connectivity index (χ3v) is 5.97. The van der Waals surface area contributed by atoms with Gasteiger partial charge in [-0.3, -0.25) is 4.90 Å². The predicted octanol–water partition coefficient (Wildman–Crippen LogP) is 3.96. The fraction of sp³-hybridized carbons (Fsp3) is 0.684. The van der Waals surface area contributed by atoms with E-state index < -0.39 is 0 Å². The van der Waals surface area contributed by atoms with Crippen molar-refractivity contribution in [1.29, 1.82) is 0 Å². The number of rotatable bonds is 3. The van der Waals surface area contributed by atoms with Crippen molar-refractivity contribution in [2.75, 3.05) is 19.6 Å².